The molecule has 0 aromatic carbocycles. The summed E-state index contributed by atoms with van der Waals surface area (Å²) in [5.41, 5.74) is -0.425. The van der Waals surface area contributed by atoms with Gasteiger partial charge in [-0.05, 0) is 25.0 Å². The molecule has 0 unspecified atom stereocenters. The van der Waals surface area contributed by atoms with Crippen molar-refractivity contribution in [1.29, 1.82) is 0 Å². The van der Waals surface area contributed by atoms with Crippen LogP contribution in [0.2, 0.25) is 5.15 Å². The number of nitrogens with one attached hydrogen (secondary N) is 3. The zero-order valence-electron chi connectivity index (χ0n) is 11.9. The van der Waals surface area contributed by atoms with E-state index in [1.165, 1.54) is 0 Å². The molecular formula is C14H19ClN4O2. The summed E-state index contributed by atoms with van der Waals surface area (Å²) in [5.74, 6) is -0.158. The van der Waals surface area contributed by atoms with Gasteiger partial charge in [-0.3, -0.25) is 4.79 Å². The van der Waals surface area contributed by atoms with Crippen molar-refractivity contribution in [2.75, 3.05) is 12.4 Å². The lowest BCUT2D eigenvalue weighted by Crippen LogP contribution is -2.60. The van der Waals surface area contributed by atoms with E-state index in [0.29, 0.717) is 18.5 Å². The average molecular weight is 311 g/mol. The summed E-state index contributed by atoms with van der Waals surface area (Å²) < 4.78 is 0. The molecule has 1 aromatic rings. The molecule has 3 amide bonds. The Morgan fingerprint density at radius 1 is 1.29 bits per heavy atom. The van der Waals surface area contributed by atoms with Crippen molar-refractivity contribution in [3.8, 4) is 0 Å². The van der Waals surface area contributed by atoms with Gasteiger partial charge in [0.15, 0.2) is 5.15 Å². The number of amides is 3. The Hall–Kier alpha value is -1.82. The molecular weight excluding hydrogens is 292 g/mol. The molecule has 0 atom stereocenters. The maximum atomic E-state index is 12.2. The molecule has 6 nitrogen and oxygen atoms in total. The van der Waals surface area contributed by atoms with E-state index in [1.807, 2.05) is 0 Å². The van der Waals surface area contributed by atoms with E-state index < -0.39 is 11.6 Å². The molecule has 0 bridgehead atoms. The largest absolute Gasteiger partial charge is 0.357 e. The van der Waals surface area contributed by atoms with Gasteiger partial charge in [-0.2, -0.15) is 0 Å². The first-order valence-corrected chi connectivity index (χ1v) is 7.37. The van der Waals surface area contributed by atoms with Gasteiger partial charge in [0, 0.05) is 13.2 Å². The van der Waals surface area contributed by atoms with Crippen LogP contribution in [0.4, 0.5) is 10.5 Å². The fourth-order valence-corrected chi connectivity index (χ4v) is 2.82. The first kappa shape index (κ1) is 15.6. The van der Waals surface area contributed by atoms with Crippen LogP contribution >= 0.6 is 11.6 Å². The van der Waals surface area contributed by atoms with E-state index in [9.17, 15) is 9.59 Å². The number of aromatic nitrogens is 1. The number of anilines is 1. The van der Waals surface area contributed by atoms with Gasteiger partial charge < -0.3 is 16.0 Å². The number of hydrogen-bond donors (Lipinski definition) is 3. The lowest BCUT2D eigenvalue weighted by Gasteiger charge is -2.36. The van der Waals surface area contributed by atoms with Crippen LogP contribution in [0.3, 0.4) is 0 Å². The number of rotatable bonds is 3. The number of nitrogens with zero attached hydrogens (tertiary/aromatic N) is 1. The van der Waals surface area contributed by atoms with Crippen LogP contribution in [-0.2, 0) is 4.79 Å². The topological polar surface area (TPSA) is 83.1 Å². The van der Waals surface area contributed by atoms with Crippen LogP contribution in [0, 0.1) is 0 Å². The van der Waals surface area contributed by atoms with E-state index in [4.69, 9.17) is 11.6 Å². The van der Waals surface area contributed by atoms with Crippen LogP contribution in [0.5, 0.6) is 0 Å². The molecule has 1 aromatic heterocycles. The predicted molar refractivity (Wildman–Crippen MR) is 81.3 cm³/mol. The molecule has 1 aliphatic rings. The minimum atomic E-state index is -0.841. The van der Waals surface area contributed by atoms with Crippen LogP contribution < -0.4 is 16.0 Å². The monoisotopic (exact) mass is 310 g/mol. The number of likely N-dealkylation sites (N-methyl/N-ethyl adjacent to an activating group) is 1. The van der Waals surface area contributed by atoms with Crippen LogP contribution in [0.25, 0.3) is 0 Å². The second-order valence-corrected chi connectivity index (χ2v) is 5.50. The van der Waals surface area contributed by atoms with Crippen LogP contribution in [-0.4, -0.2) is 29.5 Å². The number of carbonyl (C=O) groups is 2. The lowest BCUT2D eigenvalue weighted by molar-refractivity contribution is -0.128. The molecule has 1 aliphatic carbocycles. The summed E-state index contributed by atoms with van der Waals surface area (Å²) in [7, 11) is 1.58. The normalized spacial score (nSPS) is 16.9. The molecule has 1 saturated carbocycles. The molecule has 0 radical (unpaired) electrons. The maximum absolute atomic E-state index is 12.2. The number of halogens is 1. The van der Waals surface area contributed by atoms with Crippen molar-refractivity contribution in [3.05, 3.63) is 23.5 Å². The smallest absolute Gasteiger partial charge is 0.320 e. The van der Waals surface area contributed by atoms with Crippen molar-refractivity contribution in [2.24, 2.45) is 0 Å². The van der Waals surface area contributed by atoms with E-state index in [1.54, 1.807) is 25.4 Å². The van der Waals surface area contributed by atoms with Gasteiger partial charge in [0.05, 0.1) is 5.69 Å². The second-order valence-electron chi connectivity index (χ2n) is 5.14. The Bertz CT molecular complexity index is 529. The Morgan fingerprint density at radius 3 is 2.62 bits per heavy atom. The minimum Gasteiger partial charge on any atom is -0.357 e. The summed E-state index contributed by atoms with van der Waals surface area (Å²) in [6.45, 7) is 0. The minimum absolute atomic E-state index is 0.158. The quantitative estimate of drug-likeness (QED) is 0.749. The lowest BCUT2D eigenvalue weighted by atomic mass is 9.81. The Morgan fingerprint density at radius 2 is 2.00 bits per heavy atom. The van der Waals surface area contributed by atoms with Gasteiger partial charge in [0.1, 0.15) is 5.54 Å². The standard InChI is InChI=1S/C14H19ClN4O2/c1-16-12(20)14(7-3-2-4-8-14)19-13(21)18-10-6-5-9-17-11(10)15/h5-6,9H,2-4,7-8H2,1H3,(H,16,20)(H2,18,19,21). The first-order valence-electron chi connectivity index (χ1n) is 6.99. The van der Waals surface area contributed by atoms with Gasteiger partial charge in [-0.1, -0.05) is 30.9 Å². The maximum Gasteiger partial charge on any atom is 0.320 e. The van der Waals surface area contributed by atoms with Gasteiger partial charge in [0.2, 0.25) is 5.91 Å². The zero-order chi connectivity index (χ0) is 15.3. The highest BCUT2D eigenvalue weighted by atomic mass is 35.5. The molecule has 1 fully saturated rings. The van der Waals surface area contributed by atoms with E-state index >= 15 is 0 Å². The summed E-state index contributed by atoms with van der Waals surface area (Å²) in [6, 6.07) is 2.88. The van der Waals surface area contributed by atoms with Crippen molar-refractivity contribution in [3.63, 3.8) is 0 Å². The molecule has 21 heavy (non-hydrogen) atoms. The average Bonchev–Trinajstić information content (AvgIpc) is 2.49. The van der Waals surface area contributed by atoms with E-state index in [0.717, 1.165) is 19.3 Å². The van der Waals surface area contributed by atoms with Gasteiger partial charge in [0.25, 0.3) is 0 Å². The van der Waals surface area contributed by atoms with E-state index in [-0.39, 0.29) is 11.1 Å². The number of pyridine rings is 1. The SMILES string of the molecule is CNC(=O)C1(NC(=O)Nc2cccnc2Cl)CCCCC1. The van der Waals surface area contributed by atoms with Crippen LogP contribution in [0.15, 0.2) is 18.3 Å². The fraction of sp³-hybridized carbons (Fsp3) is 0.500. The second kappa shape index (κ2) is 6.76. The highest BCUT2D eigenvalue weighted by Crippen LogP contribution is 2.28. The number of carbonyl (C=O) groups excluding carboxylic acids is 2. The van der Waals surface area contributed by atoms with Crippen molar-refractivity contribution in [1.82, 2.24) is 15.6 Å². The third-order valence-corrected chi connectivity index (χ3v) is 4.03. The van der Waals surface area contributed by atoms with E-state index in [2.05, 4.69) is 20.9 Å². The molecule has 0 spiro atoms. The Kier molecular flexibility index (Phi) is 5.01. The van der Waals surface area contributed by atoms with Gasteiger partial charge >= 0.3 is 6.03 Å². The van der Waals surface area contributed by atoms with Gasteiger partial charge in [-0.25, -0.2) is 9.78 Å². The Balaban J connectivity index is 2.08. The fourth-order valence-electron chi connectivity index (χ4n) is 2.65. The zero-order valence-corrected chi connectivity index (χ0v) is 12.7. The third-order valence-electron chi connectivity index (χ3n) is 3.73. The third kappa shape index (κ3) is 3.64. The molecule has 2 rings (SSSR count). The summed E-state index contributed by atoms with van der Waals surface area (Å²) in [5, 5.41) is 8.30. The molecule has 7 heteroatoms. The summed E-state index contributed by atoms with van der Waals surface area (Å²) in [4.78, 5) is 28.2. The highest BCUT2D eigenvalue weighted by molar-refractivity contribution is 6.32. The Labute approximate surface area is 128 Å². The van der Waals surface area contributed by atoms with Crippen molar-refractivity contribution in [2.45, 2.75) is 37.6 Å². The predicted octanol–water partition coefficient (Wildman–Crippen LogP) is 2.31. The summed E-state index contributed by atoms with van der Waals surface area (Å²) >= 11 is 5.90. The van der Waals surface area contributed by atoms with Crippen LogP contribution in [0.1, 0.15) is 32.1 Å². The molecule has 1 heterocycles. The molecule has 3 N–H and O–H groups in total. The number of hydrogen-bond acceptors (Lipinski definition) is 3. The molecule has 0 saturated heterocycles. The van der Waals surface area contributed by atoms with Crippen molar-refractivity contribution < 1.29 is 9.59 Å². The molecule has 114 valence electrons. The first-order chi connectivity index (χ1) is 10.1. The molecule has 0 aliphatic heterocycles. The highest BCUT2D eigenvalue weighted by Gasteiger charge is 2.40. The number of urea groups is 1. The summed E-state index contributed by atoms with van der Waals surface area (Å²) in [6.07, 6.45) is 5.74. The van der Waals surface area contributed by atoms with Crippen molar-refractivity contribution >= 4 is 29.2 Å². The van der Waals surface area contributed by atoms with Gasteiger partial charge in [-0.15, -0.1) is 0 Å².